The highest BCUT2D eigenvalue weighted by Crippen LogP contribution is 2.33. The summed E-state index contributed by atoms with van der Waals surface area (Å²) in [6.45, 7) is 5.79. The predicted molar refractivity (Wildman–Crippen MR) is 151 cm³/mol. The summed E-state index contributed by atoms with van der Waals surface area (Å²) in [5, 5.41) is 0. The van der Waals surface area contributed by atoms with Crippen LogP contribution in [0.5, 0.6) is 0 Å². The van der Waals surface area contributed by atoms with Gasteiger partial charge in [0.15, 0.2) is 0 Å². The van der Waals surface area contributed by atoms with E-state index in [1.165, 1.54) is 47.9 Å². The zero-order valence-electron chi connectivity index (χ0n) is 22.1. The van der Waals surface area contributed by atoms with Crippen LogP contribution in [-0.2, 0) is 26.2 Å². The van der Waals surface area contributed by atoms with E-state index in [1.807, 2.05) is 73.8 Å². The molecule has 1 saturated carbocycles. The van der Waals surface area contributed by atoms with E-state index in [9.17, 15) is 0 Å². The van der Waals surface area contributed by atoms with Crippen LogP contribution in [0.25, 0.3) is 0 Å². The van der Waals surface area contributed by atoms with Crippen molar-refractivity contribution in [1.29, 1.82) is 0 Å². The molecule has 4 aromatic heterocycles. The molecule has 0 saturated heterocycles. The largest absolute Gasteiger partial charge is 0.294 e. The maximum absolute atomic E-state index is 4.37. The maximum atomic E-state index is 4.37. The van der Waals surface area contributed by atoms with Crippen molar-refractivity contribution >= 4 is 0 Å². The van der Waals surface area contributed by atoms with E-state index in [0.717, 1.165) is 39.3 Å². The zero-order valence-corrected chi connectivity index (χ0v) is 22.1. The van der Waals surface area contributed by atoms with Gasteiger partial charge in [0, 0.05) is 88.8 Å². The van der Waals surface area contributed by atoms with Gasteiger partial charge in [-0.25, -0.2) is 0 Å². The second-order valence-electron chi connectivity index (χ2n) is 10.6. The van der Waals surface area contributed by atoms with E-state index in [0.29, 0.717) is 11.8 Å². The number of nitrogens with zero attached hydrogens (tertiary/aromatic N) is 6. The molecule has 6 nitrogen and oxygen atoms in total. The summed E-state index contributed by atoms with van der Waals surface area (Å²) in [6, 6.07) is 16.9. The van der Waals surface area contributed by atoms with Crippen LogP contribution >= 0.6 is 0 Å². The summed E-state index contributed by atoms with van der Waals surface area (Å²) in [5.74, 6) is 1.31. The Labute approximate surface area is 226 Å². The van der Waals surface area contributed by atoms with Crippen LogP contribution in [0.4, 0.5) is 0 Å². The first kappa shape index (κ1) is 26.1. The minimum absolute atomic E-state index is 0.655. The highest BCUT2D eigenvalue weighted by Gasteiger charge is 2.29. The molecule has 2 unspecified atom stereocenters. The fourth-order valence-electron chi connectivity index (χ4n) is 5.80. The molecule has 1 fully saturated rings. The molecule has 1 aliphatic rings. The topological polar surface area (TPSA) is 58.0 Å². The molecule has 4 aromatic rings. The lowest BCUT2D eigenvalue weighted by Crippen LogP contribution is -2.39. The van der Waals surface area contributed by atoms with Gasteiger partial charge in [0.1, 0.15) is 0 Å². The second-order valence-corrected chi connectivity index (χ2v) is 10.6. The lowest BCUT2D eigenvalue weighted by Gasteiger charge is -2.38. The van der Waals surface area contributed by atoms with Crippen molar-refractivity contribution in [1.82, 2.24) is 29.7 Å². The summed E-state index contributed by atoms with van der Waals surface area (Å²) in [5.41, 5.74) is 5.05. The van der Waals surface area contributed by atoms with Gasteiger partial charge in [-0.05, 0) is 71.2 Å². The van der Waals surface area contributed by atoms with E-state index in [-0.39, 0.29) is 0 Å². The van der Waals surface area contributed by atoms with Crippen LogP contribution in [0.15, 0.2) is 98.1 Å². The van der Waals surface area contributed by atoms with Crippen LogP contribution in [0.2, 0.25) is 0 Å². The Balaban J connectivity index is 1.32. The lowest BCUT2D eigenvalue weighted by molar-refractivity contribution is 0.100. The predicted octanol–water partition coefficient (Wildman–Crippen LogP) is 5.78. The smallest absolute Gasteiger partial charge is 0.0312 e. The van der Waals surface area contributed by atoms with Gasteiger partial charge in [0.25, 0.3) is 0 Å². The maximum Gasteiger partial charge on any atom is 0.0312 e. The van der Waals surface area contributed by atoms with Crippen molar-refractivity contribution in [2.45, 2.75) is 51.9 Å². The molecule has 38 heavy (non-hydrogen) atoms. The second kappa shape index (κ2) is 13.9. The number of hydrogen-bond acceptors (Lipinski definition) is 6. The average molecular weight is 507 g/mol. The van der Waals surface area contributed by atoms with Gasteiger partial charge in [-0.2, -0.15) is 0 Å². The first-order chi connectivity index (χ1) is 18.8. The molecule has 0 aliphatic heterocycles. The highest BCUT2D eigenvalue weighted by molar-refractivity contribution is 5.13. The normalized spacial score (nSPS) is 17.6. The van der Waals surface area contributed by atoms with Gasteiger partial charge in [-0.3, -0.25) is 29.7 Å². The van der Waals surface area contributed by atoms with Crippen LogP contribution in [0, 0.1) is 11.8 Å². The Morgan fingerprint density at radius 3 is 1.08 bits per heavy atom. The number of pyridine rings is 4. The first-order valence-electron chi connectivity index (χ1n) is 13.8. The average Bonchev–Trinajstić information content (AvgIpc) is 2.96. The van der Waals surface area contributed by atoms with Crippen LogP contribution in [0.1, 0.15) is 47.9 Å². The first-order valence-corrected chi connectivity index (χ1v) is 13.8. The monoisotopic (exact) mass is 506 g/mol. The molecule has 0 spiro atoms. The highest BCUT2D eigenvalue weighted by atomic mass is 15.1. The minimum atomic E-state index is 0.655. The van der Waals surface area contributed by atoms with E-state index in [2.05, 4.69) is 54.0 Å². The number of aromatic nitrogens is 4. The Morgan fingerprint density at radius 1 is 0.500 bits per heavy atom. The third kappa shape index (κ3) is 8.01. The van der Waals surface area contributed by atoms with Crippen molar-refractivity contribution in [2.75, 3.05) is 13.1 Å². The third-order valence-electron chi connectivity index (χ3n) is 7.57. The van der Waals surface area contributed by atoms with Gasteiger partial charge in [0.05, 0.1) is 0 Å². The minimum Gasteiger partial charge on any atom is -0.294 e. The molecule has 0 radical (unpaired) electrons. The molecule has 0 amide bonds. The summed E-state index contributed by atoms with van der Waals surface area (Å²) in [6.07, 6.45) is 20.6. The lowest BCUT2D eigenvalue weighted by atomic mass is 9.78. The van der Waals surface area contributed by atoms with Crippen LogP contribution < -0.4 is 0 Å². The van der Waals surface area contributed by atoms with Crippen molar-refractivity contribution in [3.05, 3.63) is 120 Å². The van der Waals surface area contributed by atoms with E-state index in [1.54, 1.807) is 0 Å². The Kier molecular flexibility index (Phi) is 9.55. The molecule has 5 rings (SSSR count). The molecule has 2 atom stereocenters. The van der Waals surface area contributed by atoms with E-state index in [4.69, 9.17) is 0 Å². The molecule has 0 bridgehead atoms. The zero-order chi connectivity index (χ0) is 25.8. The number of rotatable bonds is 12. The quantitative estimate of drug-likeness (QED) is 0.243. The summed E-state index contributed by atoms with van der Waals surface area (Å²) in [7, 11) is 0. The third-order valence-corrected chi connectivity index (χ3v) is 7.57. The molecule has 4 heterocycles. The SMILES string of the molecule is c1cncc(CN(Cc2cccnc2)CC2CCCCC2CN(Cc2cccnc2)Cc2cccnc2)c1. The van der Waals surface area contributed by atoms with Gasteiger partial charge in [-0.1, -0.05) is 37.1 Å². The van der Waals surface area contributed by atoms with Gasteiger partial charge in [-0.15, -0.1) is 0 Å². The molecular formula is C32H38N6. The summed E-state index contributed by atoms with van der Waals surface area (Å²) < 4.78 is 0. The van der Waals surface area contributed by atoms with Crippen LogP contribution in [-0.4, -0.2) is 42.8 Å². The van der Waals surface area contributed by atoms with Crippen molar-refractivity contribution in [2.24, 2.45) is 11.8 Å². The van der Waals surface area contributed by atoms with Crippen molar-refractivity contribution < 1.29 is 0 Å². The fraction of sp³-hybridized carbons (Fsp3) is 0.375. The summed E-state index contributed by atoms with van der Waals surface area (Å²) >= 11 is 0. The summed E-state index contributed by atoms with van der Waals surface area (Å²) in [4.78, 5) is 22.7. The van der Waals surface area contributed by atoms with Gasteiger partial charge in [0.2, 0.25) is 0 Å². The molecule has 0 N–H and O–H groups in total. The van der Waals surface area contributed by atoms with Gasteiger partial charge < -0.3 is 0 Å². The van der Waals surface area contributed by atoms with E-state index >= 15 is 0 Å². The Hall–Kier alpha value is -3.48. The molecule has 0 aromatic carbocycles. The molecule has 196 valence electrons. The van der Waals surface area contributed by atoms with E-state index < -0.39 is 0 Å². The molecule has 6 heteroatoms. The molecule has 1 aliphatic carbocycles. The molecular weight excluding hydrogens is 468 g/mol. The number of hydrogen-bond donors (Lipinski definition) is 0. The van der Waals surface area contributed by atoms with Crippen molar-refractivity contribution in [3.63, 3.8) is 0 Å². The standard InChI is InChI=1S/C32H38N6/c1-2-12-32(26-38(23-29-9-5-15-35-19-29)24-30-10-6-16-36-20-30)31(11-1)25-37(21-27-7-3-13-33-17-27)22-28-8-4-14-34-18-28/h3-10,13-20,31-32H,1-2,11-12,21-26H2. The Morgan fingerprint density at radius 2 is 0.816 bits per heavy atom. The fourth-order valence-corrected chi connectivity index (χ4v) is 5.80. The van der Waals surface area contributed by atoms with Crippen LogP contribution in [0.3, 0.4) is 0 Å². The van der Waals surface area contributed by atoms with Gasteiger partial charge >= 0.3 is 0 Å². The van der Waals surface area contributed by atoms with Crippen molar-refractivity contribution in [3.8, 4) is 0 Å². The Bertz CT molecular complexity index is 1010.